The highest BCUT2D eigenvalue weighted by atomic mass is 32.1. The van der Waals surface area contributed by atoms with Crippen molar-refractivity contribution >= 4 is 17.1 Å². The molecular formula is C10H13NOS. The molecule has 2 nitrogen and oxygen atoms in total. The number of hydrogen-bond donors (Lipinski definition) is 1. The molecule has 0 aromatic carbocycles. The fraction of sp³-hybridized carbons (Fsp3) is 0.500. The molecule has 0 aliphatic heterocycles. The molecular weight excluding hydrogens is 182 g/mol. The number of thiophene rings is 1. The van der Waals surface area contributed by atoms with E-state index in [9.17, 15) is 4.79 Å². The van der Waals surface area contributed by atoms with Gasteiger partial charge >= 0.3 is 0 Å². The molecule has 0 saturated heterocycles. The smallest absolute Gasteiger partial charge is 0.186 e. The van der Waals surface area contributed by atoms with Gasteiger partial charge in [-0.1, -0.05) is 0 Å². The topological polar surface area (TPSA) is 43.1 Å². The molecule has 1 aliphatic rings. The van der Waals surface area contributed by atoms with E-state index < -0.39 is 0 Å². The summed E-state index contributed by atoms with van der Waals surface area (Å²) in [6, 6.07) is 2.04. The summed E-state index contributed by atoms with van der Waals surface area (Å²) in [5.74, 6) is 0.0828. The maximum atomic E-state index is 11.3. The fourth-order valence-electron chi connectivity index (χ4n) is 1.73. The van der Waals surface area contributed by atoms with Crippen molar-refractivity contribution in [2.75, 3.05) is 6.54 Å². The largest absolute Gasteiger partial charge is 0.324 e. The Morgan fingerprint density at radius 1 is 1.46 bits per heavy atom. The number of carbonyl (C=O) groups is 1. The summed E-state index contributed by atoms with van der Waals surface area (Å²) >= 11 is 1.64. The maximum absolute atomic E-state index is 11.3. The van der Waals surface area contributed by atoms with Crippen molar-refractivity contribution in [1.29, 1.82) is 0 Å². The SMILES string of the molecule is NCC(=O)c1cc2c(s1)CCCC2. The van der Waals surface area contributed by atoms with Crippen molar-refractivity contribution in [2.24, 2.45) is 5.73 Å². The maximum Gasteiger partial charge on any atom is 0.186 e. The molecule has 1 aromatic heterocycles. The molecule has 2 rings (SSSR count). The average molecular weight is 195 g/mol. The van der Waals surface area contributed by atoms with E-state index >= 15 is 0 Å². The molecule has 1 aromatic rings. The Hall–Kier alpha value is -0.670. The second-order valence-corrected chi connectivity index (χ2v) is 4.53. The molecule has 0 bridgehead atoms. The van der Waals surface area contributed by atoms with E-state index in [-0.39, 0.29) is 12.3 Å². The van der Waals surface area contributed by atoms with Crippen LogP contribution in [0, 0.1) is 0 Å². The van der Waals surface area contributed by atoms with Crippen molar-refractivity contribution in [2.45, 2.75) is 25.7 Å². The first-order valence-corrected chi connectivity index (χ1v) is 5.48. The van der Waals surface area contributed by atoms with Crippen LogP contribution in [-0.2, 0) is 12.8 Å². The van der Waals surface area contributed by atoms with E-state index in [1.807, 2.05) is 6.07 Å². The van der Waals surface area contributed by atoms with Gasteiger partial charge in [-0.15, -0.1) is 11.3 Å². The standard InChI is InChI=1S/C10H13NOS/c11-6-8(12)10-5-7-3-1-2-4-9(7)13-10/h5H,1-4,6,11H2. The number of rotatable bonds is 2. The molecule has 0 radical (unpaired) electrons. The van der Waals surface area contributed by atoms with E-state index in [1.54, 1.807) is 11.3 Å². The first-order chi connectivity index (χ1) is 6.31. The molecule has 70 valence electrons. The highest BCUT2D eigenvalue weighted by molar-refractivity contribution is 7.14. The third-order valence-electron chi connectivity index (χ3n) is 2.46. The molecule has 1 heterocycles. The average Bonchev–Trinajstić information content (AvgIpc) is 2.59. The van der Waals surface area contributed by atoms with E-state index in [0.717, 1.165) is 17.7 Å². The van der Waals surface area contributed by atoms with Gasteiger partial charge in [0.15, 0.2) is 5.78 Å². The van der Waals surface area contributed by atoms with Crippen LogP contribution in [0.15, 0.2) is 6.07 Å². The molecule has 0 atom stereocenters. The van der Waals surface area contributed by atoms with Crippen LogP contribution in [-0.4, -0.2) is 12.3 Å². The van der Waals surface area contributed by atoms with Crippen molar-refractivity contribution in [3.8, 4) is 0 Å². The van der Waals surface area contributed by atoms with Crippen LogP contribution < -0.4 is 5.73 Å². The Kier molecular flexibility index (Phi) is 2.47. The number of carbonyl (C=O) groups excluding carboxylic acids is 1. The predicted octanol–water partition coefficient (Wildman–Crippen LogP) is 1.77. The third-order valence-corrected chi connectivity index (χ3v) is 3.73. The Morgan fingerprint density at radius 3 is 2.92 bits per heavy atom. The number of aryl methyl sites for hydroxylation is 2. The summed E-state index contributed by atoms with van der Waals surface area (Å²) in [6.45, 7) is 0.138. The van der Waals surface area contributed by atoms with Crippen molar-refractivity contribution in [3.05, 3.63) is 21.4 Å². The van der Waals surface area contributed by atoms with Gasteiger partial charge < -0.3 is 5.73 Å². The zero-order chi connectivity index (χ0) is 9.26. The highest BCUT2D eigenvalue weighted by Gasteiger charge is 2.15. The quantitative estimate of drug-likeness (QED) is 0.731. The number of Topliss-reactive ketones (excluding diaryl/α,β-unsaturated/α-hetero) is 1. The Bertz CT molecular complexity index is 306. The zero-order valence-electron chi connectivity index (χ0n) is 7.51. The lowest BCUT2D eigenvalue weighted by molar-refractivity contribution is 0.100. The van der Waals surface area contributed by atoms with Crippen LogP contribution in [0.5, 0.6) is 0 Å². The minimum atomic E-state index is 0.0828. The minimum Gasteiger partial charge on any atom is -0.324 e. The molecule has 0 spiro atoms. The number of fused-ring (bicyclic) bond motifs is 1. The van der Waals surface area contributed by atoms with Crippen LogP contribution in [0.25, 0.3) is 0 Å². The van der Waals surface area contributed by atoms with Crippen LogP contribution >= 0.6 is 11.3 Å². The van der Waals surface area contributed by atoms with Crippen molar-refractivity contribution < 1.29 is 4.79 Å². The third kappa shape index (κ3) is 1.67. The second kappa shape index (κ2) is 3.60. The lowest BCUT2D eigenvalue weighted by Gasteiger charge is -2.08. The van der Waals surface area contributed by atoms with E-state index in [0.29, 0.717) is 0 Å². The molecule has 0 unspecified atom stereocenters. The van der Waals surface area contributed by atoms with Gasteiger partial charge in [-0.3, -0.25) is 4.79 Å². The van der Waals surface area contributed by atoms with Crippen LogP contribution in [0.3, 0.4) is 0 Å². The van der Waals surface area contributed by atoms with Crippen molar-refractivity contribution in [3.63, 3.8) is 0 Å². The van der Waals surface area contributed by atoms with Gasteiger partial charge in [0.25, 0.3) is 0 Å². The molecule has 0 fully saturated rings. The van der Waals surface area contributed by atoms with Gasteiger partial charge in [0.05, 0.1) is 11.4 Å². The second-order valence-electron chi connectivity index (χ2n) is 3.39. The summed E-state index contributed by atoms with van der Waals surface area (Å²) < 4.78 is 0. The molecule has 0 saturated carbocycles. The van der Waals surface area contributed by atoms with Gasteiger partial charge in [0.1, 0.15) is 0 Å². The Balaban J connectivity index is 2.30. The molecule has 0 amide bonds. The van der Waals surface area contributed by atoms with Gasteiger partial charge in [0, 0.05) is 4.88 Å². The Morgan fingerprint density at radius 2 is 2.23 bits per heavy atom. The molecule has 3 heteroatoms. The van der Waals surface area contributed by atoms with Crippen LogP contribution in [0.2, 0.25) is 0 Å². The van der Waals surface area contributed by atoms with E-state index in [1.165, 1.54) is 23.3 Å². The number of ketones is 1. The van der Waals surface area contributed by atoms with Crippen LogP contribution in [0.1, 0.15) is 33.0 Å². The molecule has 1 aliphatic carbocycles. The zero-order valence-corrected chi connectivity index (χ0v) is 8.32. The summed E-state index contributed by atoms with van der Waals surface area (Å²) in [7, 11) is 0. The lowest BCUT2D eigenvalue weighted by Crippen LogP contribution is -2.11. The van der Waals surface area contributed by atoms with Gasteiger partial charge in [-0.2, -0.15) is 0 Å². The van der Waals surface area contributed by atoms with Gasteiger partial charge in [-0.25, -0.2) is 0 Å². The normalized spacial score (nSPS) is 15.5. The minimum absolute atomic E-state index is 0.0828. The summed E-state index contributed by atoms with van der Waals surface area (Å²) in [6.07, 6.45) is 4.82. The summed E-state index contributed by atoms with van der Waals surface area (Å²) in [5, 5.41) is 0. The van der Waals surface area contributed by atoms with E-state index in [2.05, 4.69) is 0 Å². The van der Waals surface area contributed by atoms with E-state index in [4.69, 9.17) is 5.73 Å². The highest BCUT2D eigenvalue weighted by Crippen LogP contribution is 2.29. The summed E-state index contributed by atoms with van der Waals surface area (Å²) in [4.78, 5) is 13.6. The Labute approximate surface area is 81.8 Å². The first-order valence-electron chi connectivity index (χ1n) is 4.66. The lowest BCUT2D eigenvalue weighted by atomic mass is 9.99. The van der Waals surface area contributed by atoms with Crippen molar-refractivity contribution in [1.82, 2.24) is 0 Å². The summed E-state index contributed by atoms with van der Waals surface area (Å²) in [5.41, 5.74) is 6.70. The van der Waals surface area contributed by atoms with Crippen LogP contribution in [0.4, 0.5) is 0 Å². The first kappa shape index (κ1) is 8.91. The number of hydrogen-bond acceptors (Lipinski definition) is 3. The predicted molar refractivity (Wildman–Crippen MR) is 54.3 cm³/mol. The number of nitrogens with two attached hydrogens (primary N) is 1. The van der Waals surface area contributed by atoms with Gasteiger partial charge in [-0.05, 0) is 37.3 Å². The molecule has 2 N–H and O–H groups in total. The molecule has 13 heavy (non-hydrogen) atoms. The van der Waals surface area contributed by atoms with Gasteiger partial charge in [0.2, 0.25) is 0 Å². The fourth-order valence-corrected chi connectivity index (χ4v) is 2.93. The monoisotopic (exact) mass is 195 g/mol.